The van der Waals surface area contributed by atoms with Crippen LogP contribution in [-0.4, -0.2) is 48.0 Å². The third kappa shape index (κ3) is 4.66. The van der Waals surface area contributed by atoms with E-state index in [-0.39, 0.29) is 24.0 Å². The fraction of sp³-hybridized carbons (Fsp3) is 0.500. The van der Waals surface area contributed by atoms with Gasteiger partial charge in [-0.15, -0.1) is 12.4 Å². The van der Waals surface area contributed by atoms with E-state index in [9.17, 15) is 14.9 Å². The quantitative estimate of drug-likeness (QED) is 0.647. The van der Waals surface area contributed by atoms with E-state index in [0.717, 1.165) is 25.2 Å². The Morgan fingerprint density at radius 2 is 2.27 bits per heavy atom. The Kier molecular flexibility index (Phi) is 6.73. The molecule has 0 aliphatic carbocycles. The van der Waals surface area contributed by atoms with Crippen molar-refractivity contribution in [2.24, 2.45) is 0 Å². The van der Waals surface area contributed by atoms with Crippen LogP contribution in [0.3, 0.4) is 0 Å². The number of halogens is 1. The Labute approximate surface area is 135 Å². The van der Waals surface area contributed by atoms with Gasteiger partial charge in [-0.25, -0.2) is 0 Å². The van der Waals surface area contributed by atoms with Crippen LogP contribution in [0.2, 0.25) is 0 Å². The molecule has 122 valence electrons. The first-order valence-electron chi connectivity index (χ1n) is 6.97. The number of hydrogen-bond acceptors (Lipinski definition) is 5. The van der Waals surface area contributed by atoms with Gasteiger partial charge in [0.1, 0.15) is 0 Å². The molecule has 2 rings (SSSR count). The van der Waals surface area contributed by atoms with Gasteiger partial charge in [0.05, 0.1) is 17.2 Å². The van der Waals surface area contributed by atoms with Gasteiger partial charge < -0.3 is 10.6 Å². The maximum atomic E-state index is 12.1. The fourth-order valence-electron chi connectivity index (χ4n) is 2.35. The Morgan fingerprint density at radius 1 is 1.55 bits per heavy atom. The second kappa shape index (κ2) is 8.07. The Hall–Kier alpha value is -1.70. The van der Waals surface area contributed by atoms with E-state index in [2.05, 4.69) is 22.5 Å². The van der Waals surface area contributed by atoms with Crippen molar-refractivity contribution in [2.45, 2.75) is 19.9 Å². The van der Waals surface area contributed by atoms with E-state index in [4.69, 9.17) is 0 Å². The average Bonchev–Trinajstić information content (AvgIpc) is 2.43. The molecule has 1 heterocycles. The highest BCUT2D eigenvalue weighted by Gasteiger charge is 2.20. The van der Waals surface area contributed by atoms with Gasteiger partial charge >= 0.3 is 0 Å². The topological polar surface area (TPSA) is 87.5 Å². The molecule has 1 fully saturated rings. The van der Waals surface area contributed by atoms with Gasteiger partial charge in [-0.1, -0.05) is 6.07 Å². The number of amides is 1. The van der Waals surface area contributed by atoms with Crippen molar-refractivity contribution in [3.05, 3.63) is 33.9 Å². The van der Waals surface area contributed by atoms with Gasteiger partial charge in [-0.05, 0) is 19.4 Å². The highest BCUT2D eigenvalue weighted by molar-refractivity contribution is 5.93. The number of nitro benzene ring substituents is 1. The van der Waals surface area contributed by atoms with Crippen LogP contribution in [0.15, 0.2) is 18.2 Å². The van der Waals surface area contributed by atoms with E-state index in [1.165, 1.54) is 12.1 Å². The first-order valence-corrected chi connectivity index (χ1v) is 6.97. The summed E-state index contributed by atoms with van der Waals surface area (Å²) in [5.74, 6) is -0.146. The molecule has 1 amide bonds. The van der Waals surface area contributed by atoms with Gasteiger partial charge in [0.25, 0.3) is 5.69 Å². The molecule has 1 atom stereocenters. The van der Waals surface area contributed by atoms with E-state index in [1.807, 2.05) is 6.92 Å². The summed E-state index contributed by atoms with van der Waals surface area (Å²) in [6, 6.07) is 4.77. The minimum absolute atomic E-state index is 0. The van der Waals surface area contributed by atoms with Gasteiger partial charge in [0.2, 0.25) is 5.91 Å². The second-order valence-electron chi connectivity index (χ2n) is 5.33. The fourth-order valence-corrected chi connectivity index (χ4v) is 2.35. The number of carbonyl (C=O) groups is 1. The number of benzene rings is 1. The Bertz CT molecular complexity index is 553. The molecule has 0 saturated carbocycles. The first kappa shape index (κ1) is 18.3. The third-order valence-electron chi connectivity index (χ3n) is 3.69. The summed E-state index contributed by atoms with van der Waals surface area (Å²) < 4.78 is 0. The van der Waals surface area contributed by atoms with Crippen molar-refractivity contribution in [3.63, 3.8) is 0 Å². The van der Waals surface area contributed by atoms with Gasteiger partial charge in [0, 0.05) is 37.8 Å². The standard InChI is InChI=1S/C14H20N4O3.ClH/c1-10-3-4-12(18(20)21)7-13(10)16-14(19)9-17-6-5-15-8-11(17)2;/h3-4,7,11,15H,5-6,8-9H2,1-2H3,(H,16,19);1H/t11-;/m1./s1. The number of piperazine rings is 1. The van der Waals surface area contributed by atoms with Crippen LogP contribution < -0.4 is 10.6 Å². The number of aryl methyl sites for hydroxylation is 1. The lowest BCUT2D eigenvalue weighted by Crippen LogP contribution is -2.52. The molecule has 1 aliphatic rings. The highest BCUT2D eigenvalue weighted by atomic mass is 35.5. The molecule has 0 aromatic heterocycles. The maximum absolute atomic E-state index is 12.1. The third-order valence-corrected chi connectivity index (χ3v) is 3.69. The molecule has 7 nitrogen and oxygen atoms in total. The molecule has 1 saturated heterocycles. The number of nitrogens with one attached hydrogen (secondary N) is 2. The zero-order chi connectivity index (χ0) is 15.4. The monoisotopic (exact) mass is 328 g/mol. The van der Waals surface area contributed by atoms with Crippen molar-refractivity contribution >= 4 is 29.7 Å². The largest absolute Gasteiger partial charge is 0.324 e. The van der Waals surface area contributed by atoms with E-state index < -0.39 is 4.92 Å². The van der Waals surface area contributed by atoms with E-state index in [1.54, 1.807) is 6.07 Å². The summed E-state index contributed by atoms with van der Waals surface area (Å²) in [6.45, 7) is 6.73. The molecule has 0 unspecified atom stereocenters. The number of non-ortho nitro benzene ring substituents is 1. The Balaban J connectivity index is 0.00000242. The van der Waals surface area contributed by atoms with Crippen LogP contribution in [-0.2, 0) is 4.79 Å². The van der Waals surface area contributed by atoms with Crippen LogP contribution in [0.5, 0.6) is 0 Å². The lowest BCUT2D eigenvalue weighted by atomic mass is 10.1. The molecule has 1 aliphatic heterocycles. The minimum atomic E-state index is -0.465. The predicted octanol–water partition coefficient (Wildman–Crippen LogP) is 1.56. The molecule has 2 N–H and O–H groups in total. The van der Waals surface area contributed by atoms with Crippen LogP contribution in [0.1, 0.15) is 12.5 Å². The molecular formula is C14H21ClN4O3. The van der Waals surface area contributed by atoms with Gasteiger partial charge in [0.15, 0.2) is 0 Å². The van der Waals surface area contributed by atoms with Gasteiger partial charge in [-0.2, -0.15) is 0 Å². The smallest absolute Gasteiger partial charge is 0.271 e. The number of nitrogens with zero attached hydrogens (tertiary/aromatic N) is 2. The lowest BCUT2D eigenvalue weighted by Gasteiger charge is -2.33. The normalized spacial score (nSPS) is 18.4. The summed E-state index contributed by atoms with van der Waals surface area (Å²) in [5.41, 5.74) is 1.28. The molecule has 22 heavy (non-hydrogen) atoms. The van der Waals surface area contributed by atoms with Crippen molar-refractivity contribution in [1.29, 1.82) is 0 Å². The summed E-state index contributed by atoms with van der Waals surface area (Å²) in [5, 5.41) is 16.8. The number of rotatable bonds is 4. The van der Waals surface area contributed by atoms with Crippen LogP contribution in [0.4, 0.5) is 11.4 Å². The van der Waals surface area contributed by atoms with Crippen molar-refractivity contribution in [3.8, 4) is 0 Å². The molecule has 0 radical (unpaired) electrons. The van der Waals surface area contributed by atoms with Crippen LogP contribution in [0, 0.1) is 17.0 Å². The van der Waals surface area contributed by atoms with Crippen LogP contribution >= 0.6 is 12.4 Å². The lowest BCUT2D eigenvalue weighted by molar-refractivity contribution is -0.384. The molecular weight excluding hydrogens is 308 g/mol. The highest BCUT2D eigenvalue weighted by Crippen LogP contribution is 2.21. The molecule has 1 aromatic carbocycles. The molecule has 1 aromatic rings. The van der Waals surface area contributed by atoms with Crippen LogP contribution in [0.25, 0.3) is 0 Å². The Morgan fingerprint density at radius 3 is 2.91 bits per heavy atom. The first-order chi connectivity index (χ1) is 9.97. The zero-order valence-electron chi connectivity index (χ0n) is 12.7. The maximum Gasteiger partial charge on any atom is 0.271 e. The predicted molar refractivity (Wildman–Crippen MR) is 87.6 cm³/mol. The number of anilines is 1. The molecule has 0 bridgehead atoms. The van der Waals surface area contributed by atoms with Crippen molar-refractivity contribution in [1.82, 2.24) is 10.2 Å². The SMILES string of the molecule is Cc1ccc([N+](=O)[O-])cc1NC(=O)CN1CCNC[C@H]1C.Cl. The number of nitro groups is 1. The number of carbonyl (C=O) groups excluding carboxylic acids is 1. The van der Waals surface area contributed by atoms with E-state index in [0.29, 0.717) is 18.3 Å². The summed E-state index contributed by atoms with van der Waals surface area (Å²) >= 11 is 0. The molecule has 0 spiro atoms. The van der Waals surface area contributed by atoms with Gasteiger partial charge in [-0.3, -0.25) is 19.8 Å². The summed E-state index contributed by atoms with van der Waals surface area (Å²) in [7, 11) is 0. The summed E-state index contributed by atoms with van der Waals surface area (Å²) in [4.78, 5) is 24.5. The van der Waals surface area contributed by atoms with E-state index >= 15 is 0 Å². The summed E-state index contributed by atoms with van der Waals surface area (Å²) in [6.07, 6.45) is 0. The molecule has 8 heteroatoms. The number of hydrogen-bond donors (Lipinski definition) is 2. The minimum Gasteiger partial charge on any atom is -0.324 e. The second-order valence-corrected chi connectivity index (χ2v) is 5.33. The zero-order valence-corrected chi connectivity index (χ0v) is 13.5. The van der Waals surface area contributed by atoms with Crippen molar-refractivity contribution in [2.75, 3.05) is 31.5 Å². The average molecular weight is 329 g/mol. The van der Waals surface area contributed by atoms with Crippen molar-refractivity contribution < 1.29 is 9.72 Å².